The minimum Gasteiger partial charge on any atom is -0.315 e. The molecule has 0 bridgehead atoms. The highest BCUT2D eigenvalue weighted by molar-refractivity contribution is 7.99. The largest absolute Gasteiger partial charge is 0.315 e. The van der Waals surface area contributed by atoms with Crippen molar-refractivity contribution in [2.75, 3.05) is 12.3 Å². The van der Waals surface area contributed by atoms with E-state index < -0.39 is 0 Å². The Hall–Kier alpha value is -0.0600. The van der Waals surface area contributed by atoms with E-state index in [9.17, 15) is 0 Å². The molecule has 0 spiro atoms. The Morgan fingerprint density at radius 2 is 2.41 bits per heavy atom. The number of hydrogen-bond donors (Lipinski definition) is 1. The number of rotatable bonds is 6. The Kier molecular flexibility index (Phi) is 5.32. The van der Waals surface area contributed by atoms with Crippen LogP contribution in [0, 0.1) is 0 Å². The van der Waals surface area contributed by atoms with E-state index in [0.29, 0.717) is 11.3 Å². The van der Waals surface area contributed by atoms with Crippen molar-refractivity contribution in [3.8, 4) is 0 Å². The van der Waals surface area contributed by atoms with Crippen LogP contribution in [0.15, 0.2) is 5.38 Å². The predicted molar refractivity (Wildman–Crippen MR) is 78.0 cm³/mol. The van der Waals surface area contributed by atoms with Gasteiger partial charge in [-0.15, -0.1) is 11.3 Å². The van der Waals surface area contributed by atoms with E-state index in [1.165, 1.54) is 35.7 Å². The molecule has 2 heterocycles. The first-order valence-corrected chi connectivity index (χ1v) is 8.48. The van der Waals surface area contributed by atoms with Crippen molar-refractivity contribution in [3.05, 3.63) is 16.1 Å². The molecule has 1 aliphatic rings. The summed E-state index contributed by atoms with van der Waals surface area (Å²) in [5.74, 6) is 1.32. The van der Waals surface area contributed by atoms with Gasteiger partial charge in [0, 0.05) is 11.4 Å². The number of nitrogens with one attached hydrogen (secondary N) is 1. The van der Waals surface area contributed by atoms with Gasteiger partial charge < -0.3 is 5.32 Å². The van der Waals surface area contributed by atoms with Crippen LogP contribution in [0.1, 0.15) is 49.1 Å². The van der Waals surface area contributed by atoms with E-state index in [4.69, 9.17) is 4.98 Å². The summed E-state index contributed by atoms with van der Waals surface area (Å²) in [7, 11) is 0. The Labute approximate surface area is 113 Å². The summed E-state index contributed by atoms with van der Waals surface area (Å²) < 4.78 is 0. The maximum atomic E-state index is 4.78. The molecule has 2 rings (SSSR count). The quantitative estimate of drug-likeness (QED) is 0.799. The molecule has 1 N–H and O–H groups in total. The van der Waals surface area contributed by atoms with Gasteiger partial charge in [0.1, 0.15) is 5.01 Å². The lowest BCUT2D eigenvalue weighted by Gasteiger charge is -2.06. The predicted octanol–water partition coefficient (Wildman–Crippen LogP) is 3.64. The molecule has 1 aromatic rings. The molecule has 0 aliphatic carbocycles. The number of hydrogen-bond acceptors (Lipinski definition) is 4. The van der Waals surface area contributed by atoms with Gasteiger partial charge in [0.05, 0.1) is 10.9 Å². The fraction of sp³-hybridized carbons (Fsp3) is 0.769. The average Bonchev–Trinajstić information content (AvgIpc) is 2.94. The van der Waals surface area contributed by atoms with Crippen molar-refractivity contribution in [1.29, 1.82) is 0 Å². The van der Waals surface area contributed by atoms with E-state index in [1.54, 1.807) is 0 Å². The van der Waals surface area contributed by atoms with Gasteiger partial charge >= 0.3 is 0 Å². The molecule has 4 heteroatoms. The van der Waals surface area contributed by atoms with Crippen molar-refractivity contribution in [2.45, 2.75) is 50.8 Å². The van der Waals surface area contributed by atoms with Crippen molar-refractivity contribution >= 4 is 23.1 Å². The third-order valence-electron chi connectivity index (χ3n) is 2.94. The molecule has 1 saturated heterocycles. The molecular formula is C13H22N2S2. The second-order valence-electron chi connectivity index (χ2n) is 4.89. The minimum absolute atomic E-state index is 0.593. The van der Waals surface area contributed by atoms with Crippen LogP contribution in [0.5, 0.6) is 0 Å². The molecule has 17 heavy (non-hydrogen) atoms. The van der Waals surface area contributed by atoms with Crippen LogP contribution in [0.2, 0.25) is 0 Å². The van der Waals surface area contributed by atoms with E-state index in [0.717, 1.165) is 13.0 Å². The standard InChI is InChI=1S/C13H22N2S2/c1-10(2)14-7-3-5-11-9-17-13(15-11)12-6-4-8-16-12/h9-10,12,14H,3-8H2,1-2H3. The SMILES string of the molecule is CC(C)NCCCc1csc(C2CCCS2)n1. The number of aromatic nitrogens is 1. The first kappa shape index (κ1) is 13.4. The molecule has 1 fully saturated rings. The van der Waals surface area contributed by atoms with Crippen LogP contribution in [0.3, 0.4) is 0 Å². The minimum atomic E-state index is 0.593. The zero-order valence-corrected chi connectivity index (χ0v) is 12.4. The summed E-state index contributed by atoms with van der Waals surface area (Å²) in [6, 6.07) is 0.593. The summed E-state index contributed by atoms with van der Waals surface area (Å²) in [6.45, 7) is 5.49. The number of aryl methyl sites for hydroxylation is 1. The van der Waals surface area contributed by atoms with E-state index >= 15 is 0 Å². The summed E-state index contributed by atoms with van der Waals surface area (Å²) in [5, 5.41) is 7.76. The van der Waals surface area contributed by atoms with Gasteiger partial charge in [0.2, 0.25) is 0 Å². The first-order chi connectivity index (χ1) is 8.25. The number of thioether (sulfide) groups is 1. The number of thiazole rings is 1. The second-order valence-corrected chi connectivity index (χ2v) is 7.09. The van der Waals surface area contributed by atoms with Crippen LogP contribution in [-0.4, -0.2) is 23.3 Å². The molecule has 1 aliphatic heterocycles. The lowest BCUT2D eigenvalue weighted by atomic mass is 10.2. The van der Waals surface area contributed by atoms with Crippen LogP contribution in [0.4, 0.5) is 0 Å². The van der Waals surface area contributed by atoms with Crippen LogP contribution in [-0.2, 0) is 6.42 Å². The van der Waals surface area contributed by atoms with Crippen LogP contribution < -0.4 is 5.32 Å². The third-order valence-corrected chi connectivity index (χ3v) is 5.48. The summed E-state index contributed by atoms with van der Waals surface area (Å²) in [6.07, 6.45) is 5.00. The zero-order valence-electron chi connectivity index (χ0n) is 10.7. The molecule has 0 aromatic carbocycles. The van der Waals surface area contributed by atoms with Gasteiger partial charge in [-0.2, -0.15) is 11.8 Å². The van der Waals surface area contributed by atoms with Gasteiger partial charge in [-0.1, -0.05) is 13.8 Å². The molecule has 0 saturated carbocycles. The number of nitrogens with zero attached hydrogens (tertiary/aromatic N) is 1. The van der Waals surface area contributed by atoms with E-state index in [-0.39, 0.29) is 0 Å². The van der Waals surface area contributed by atoms with Gasteiger partial charge in [-0.25, -0.2) is 4.98 Å². The molecule has 1 aromatic heterocycles. The van der Waals surface area contributed by atoms with Gasteiger partial charge in [-0.3, -0.25) is 0 Å². The monoisotopic (exact) mass is 270 g/mol. The second kappa shape index (κ2) is 6.76. The van der Waals surface area contributed by atoms with Gasteiger partial charge in [0.15, 0.2) is 0 Å². The van der Waals surface area contributed by atoms with E-state index in [1.807, 2.05) is 11.3 Å². The van der Waals surface area contributed by atoms with Crippen molar-refractivity contribution in [3.63, 3.8) is 0 Å². The van der Waals surface area contributed by atoms with Gasteiger partial charge in [-0.05, 0) is 38.0 Å². The highest BCUT2D eigenvalue weighted by Gasteiger charge is 2.20. The molecule has 0 amide bonds. The molecule has 96 valence electrons. The fourth-order valence-electron chi connectivity index (χ4n) is 2.02. The lowest BCUT2D eigenvalue weighted by molar-refractivity contribution is 0.568. The van der Waals surface area contributed by atoms with Crippen LogP contribution in [0.25, 0.3) is 0 Å². The highest BCUT2D eigenvalue weighted by atomic mass is 32.2. The molecule has 1 atom stereocenters. The molecule has 0 radical (unpaired) electrons. The Morgan fingerprint density at radius 3 is 3.12 bits per heavy atom. The molecule has 2 nitrogen and oxygen atoms in total. The summed E-state index contributed by atoms with van der Waals surface area (Å²) >= 11 is 3.94. The molecule has 1 unspecified atom stereocenters. The third kappa shape index (κ3) is 4.27. The lowest BCUT2D eigenvalue weighted by Crippen LogP contribution is -2.23. The Bertz CT molecular complexity index is 330. The van der Waals surface area contributed by atoms with Gasteiger partial charge in [0.25, 0.3) is 0 Å². The fourth-order valence-corrected chi connectivity index (χ4v) is 4.40. The van der Waals surface area contributed by atoms with Crippen molar-refractivity contribution in [2.24, 2.45) is 0 Å². The average molecular weight is 270 g/mol. The van der Waals surface area contributed by atoms with Crippen LogP contribution >= 0.6 is 23.1 Å². The topological polar surface area (TPSA) is 24.9 Å². The van der Waals surface area contributed by atoms with Crippen molar-refractivity contribution in [1.82, 2.24) is 10.3 Å². The smallest absolute Gasteiger partial charge is 0.106 e. The highest BCUT2D eigenvalue weighted by Crippen LogP contribution is 2.40. The molecular weight excluding hydrogens is 248 g/mol. The Balaban J connectivity index is 1.74. The van der Waals surface area contributed by atoms with E-state index in [2.05, 4.69) is 36.3 Å². The first-order valence-electron chi connectivity index (χ1n) is 6.55. The maximum absolute atomic E-state index is 4.78. The maximum Gasteiger partial charge on any atom is 0.106 e. The normalized spacial score (nSPS) is 20.3. The van der Waals surface area contributed by atoms with Crippen molar-refractivity contribution < 1.29 is 0 Å². The summed E-state index contributed by atoms with van der Waals surface area (Å²) in [4.78, 5) is 4.78. The zero-order chi connectivity index (χ0) is 12.1. The summed E-state index contributed by atoms with van der Waals surface area (Å²) in [5.41, 5.74) is 1.29. The Morgan fingerprint density at radius 1 is 1.53 bits per heavy atom.